The van der Waals surface area contributed by atoms with Crippen molar-refractivity contribution in [1.29, 1.82) is 0 Å². The van der Waals surface area contributed by atoms with Crippen molar-refractivity contribution in [2.24, 2.45) is 23.2 Å². The van der Waals surface area contributed by atoms with Crippen LogP contribution in [0, 0.1) is 23.2 Å². The summed E-state index contributed by atoms with van der Waals surface area (Å²) in [5.41, 5.74) is 0.0150. The van der Waals surface area contributed by atoms with E-state index in [0.717, 1.165) is 6.42 Å². The van der Waals surface area contributed by atoms with E-state index in [1.807, 2.05) is 0 Å². The molecule has 4 atom stereocenters. The SMILES string of the molecule is C=CC(=O)[C@]12CC[C@H]1[C@@H]1C=C[C@H]2C1. The van der Waals surface area contributed by atoms with Crippen LogP contribution in [0.3, 0.4) is 0 Å². The van der Waals surface area contributed by atoms with Gasteiger partial charge in [0.1, 0.15) is 0 Å². The molecule has 0 N–H and O–H groups in total. The molecule has 13 heavy (non-hydrogen) atoms. The van der Waals surface area contributed by atoms with Crippen molar-refractivity contribution in [1.82, 2.24) is 0 Å². The molecule has 1 heteroatoms. The van der Waals surface area contributed by atoms with Gasteiger partial charge in [0, 0.05) is 5.41 Å². The third kappa shape index (κ3) is 0.641. The lowest BCUT2D eigenvalue weighted by atomic mass is 9.53. The highest BCUT2D eigenvalue weighted by molar-refractivity contribution is 5.96. The fourth-order valence-corrected chi connectivity index (χ4v) is 3.76. The second kappa shape index (κ2) is 2.14. The van der Waals surface area contributed by atoms with Gasteiger partial charge in [0.15, 0.2) is 5.78 Å². The molecule has 0 heterocycles. The highest BCUT2D eigenvalue weighted by Crippen LogP contribution is 2.66. The lowest BCUT2D eigenvalue weighted by molar-refractivity contribution is -0.135. The van der Waals surface area contributed by atoms with Gasteiger partial charge in [-0.05, 0) is 43.1 Å². The van der Waals surface area contributed by atoms with Crippen LogP contribution in [-0.4, -0.2) is 5.78 Å². The average Bonchev–Trinajstić information content (AvgIpc) is 2.58. The summed E-state index contributed by atoms with van der Waals surface area (Å²) < 4.78 is 0. The van der Waals surface area contributed by atoms with E-state index in [9.17, 15) is 4.79 Å². The van der Waals surface area contributed by atoms with Crippen LogP contribution in [0.4, 0.5) is 0 Å². The maximum Gasteiger partial charge on any atom is 0.162 e. The second-order valence-corrected chi connectivity index (χ2v) is 4.64. The number of carbonyl (C=O) groups excluding carboxylic acids is 1. The van der Waals surface area contributed by atoms with Crippen molar-refractivity contribution < 1.29 is 4.79 Å². The maximum absolute atomic E-state index is 11.8. The molecule has 3 rings (SSSR count). The first-order valence-electron chi connectivity index (χ1n) is 5.14. The number of allylic oxidation sites excluding steroid dienone is 3. The Bertz CT molecular complexity index is 315. The Morgan fingerprint density at radius 1 is 1.54 bits per heavy atom. The molecule has 0 radical (unpaired) electrons. The van der Waals surface area contributed by atoms with Gasteiger partial charge in [-0.3, -0.25) is 4.79 Å². The first kappa shape index (κ1) is 7.54. The van der Waals surface area contributed by atoms with E-state index in [-0.39, 0.29) is 5.41 Å². The third-order valence-corrected chi connectivity index (χ3v) is 4.47. The van der Waals surface area contributed by atoms with Gasteiger partial charge in [0.05, 0.1) is 0 Å². The summed E-state index contributed by atoms with van der Waals surface area (Å²) in [6, 6.07) is 0. The second-order valence-electron chi connectivity index (χ2n) is 4.64. The maximum atomic E-state index is 11.8. The van der Waals surface area contributed by atoms with Crippen LogP contribution in [-0.2, 0) is 4.79 Å². The van der Waals surface area contributed by atoms with Gasteiger partial charge >= 0.3 is 0 Å². The largest absolute Gasteiger partial charge is 0.294 e. The molecule has 3 aliphatic rings. The van der Waals surface area contributed by atoms with Crippen LogP contribution in [0.1, 0.15) is 19.3 Å². The fraction of sp³-hybridized carbons (Fsp3) is 0.583. The van der Waals surface area contributed by atoms with E-state index in [2.05, 4.69) is 18.7 Å². The van der Waals surface area contributed by atoms with Crippen LogP contribution >= 0.6 is 0 Å². The number of hydrogen-bond donors (Lipinski definition) is 0. The molecule has 1 nitrogen and oxygen atoms in total. The summed E-state index contributed by atoms with van der Waals surface area (Å²) in [4.78, 5) is 11.8. The fourth-order valence-electron chi connectivity index (χ4n) is 3.76. The van der Waals surface area contributed by atoms with Crippen LogP contribution in [0.5, 0.6) is 0 Å². The highest BCUT2D eigenvalue weighted by atomic mass is 16.1. The molecule has 0 aromatic heterocycles. The number of hydrogen-bond acceptors (Lipinski definition) is 1. The van der Waals surface area contributed by atoms with Gasteiger partial charge in [0.2, 0.25) is 0 Å². The van der Waals surface area contributed by atoms with Crippen LogP contribution in [0.15, 0.2) is 24.8 Å². The molecule has 2 saturated carbocycles. The quantitative estimate of drug-likeness (QED) is 0.464. The zero-order valence-electron chi connectivity index (χ0n) is 7.70. The lowest BCUT2D eigenvalue weighted by Crippen LogP contribution is -2.48. The Hall–Kier alpha value is -0.850. The highest BCUT2D eigenvalue weighted by Gasteiger charge is 2.63. The van der Waals surface area contributed by atoms with Crippen LogP contribution in [0.2, 0.25) is 0 Å². The Labute approximate surface area is 78.5 Å². The molecule has 68 valence electrons. The van der Waals surface area contributed by atoms with Crippen molar-refractivity contribution in [3.05, 3.63) is 24.8 Å². The van der Waals surface area contributed by atoms with Gasteiger partial charge in [-0.2, -0.15) is 0 Å². The molecule has 0 aromatic carbocycles. The molecule has 2 bridgehead atoms. The molecule has 0 amide bonds. The number of carbonyl (C=O) groups is 1. The Balaban J connectivity index is 2.04. The zero-order chi connectivity index (χ0) is 9.05. The van der Waals surface area contributed by atoms with E-state index < -0.39 is 0 Å². The lowest BCUT2D eigenvalue weighted by Gasteiger charge is -2.49. The Morgan fingerprint density at radius 3 is 2.92 bits per heavy atom. The molecule has 0 spiro atoms. The van der Waals surface area contributed by atoms with E-state index in [4.69, 9.17) is 0 Å². The minimum atomic E-state index is 0.0150. The molecule has 2 fully saturated rings. The predicted octanol–water partition coefficient (Wildman–Crippen LogP) is 2.34. The van der Waals surface area contributed by atoms with Crippen molar-refractivity contribution in [2.75, 3.05) is 0 Å². The van der Waals surface area contributed by atoms with E-state index >= 15 is 0 Å². The zero-order valence-corrected chi connectivity index (χ0v) is 7.70. The van der Waals surface area contributed by atoms with Gasteiger partial charge in [0.25, 0.3) is 0 Å². The number of ketones is 1. The number of fused-ring (bicyclic) bond motifs is 5. The summed E-state index contributed by atoms with van der Waals surface area (Å²) in [6.45, 7) is 3.63. The molecule has 0 aliphatic heterocycles. The monoisotopic (exact) mass is 174 g/mol. The van der Waals surface area contributed by atoms with Gasteiger partial charge in [-0.1, -0.05) is 18.7 Å². The van der Waals surface area contributed by atoms with Crippen molar-refractivity contribution in [3.8, 4) is 0 Å². The predicted molar refractivity (Wildman–Crippen MR) is 51.1 cm³/mol. The summed E-state index contributed by atoms with van der Waals surface area (Å²) >= 11 is 0. The summed E-state index contributed by atoms with van der Waals surface area (Å²) in [7, 11) is 0. The van der Waals surface area contributed by atoms with Gasteiger partial charge < -0.3 is 0 Å². The van der Waals surface area contributed by atoms with Crippen molar-refractivity contribution in [2.45, 2.75) is 19.3 Å². The number of rotatable bonds is 2. The smallest absolute Gasteiger partial charge is 0.162 e. The summed E-state index contributed by atoms with van der Waals surface area (Å²) in [5.74, 6) is 2.22. The van der Waals surface area contributed by atoms with Gasteiger partial charge in [-0.25, -0.2) is 0 Å². The van der Waals surface area contributed by atoms with Gasteiger partial charge in [-0.15, -0.1) is 0 Å². The van der Waals surface area contributed by atoms with Crippen LogP contribution in [0.25, 0.3) is 0 Å². The standard InChI is InChI=1S/C12H14O/c1-2-11(13)12-6-5-10(12)8-3-4-9(12)7-8/h2-4,8-10H,1,5-7H2/t8-,9+,10+,12+/m1/s1. The normalized spacial score (nSPS) is 50.0. The molecule has 0 unspecified atom stereocenters. The molecule has 0 saturated heterocycles. The van der Waals surface area contributed by atoms with Crippen molar-refractivity contribution in [3.63, 3.8) is 0 Å². The average molecular weight is 174 g/mol. The summed E-state index contributed by atoms with van der Waals surface area (Å²) in [6.07, 6.45) is 9.72. The van der Waals surface area contributed by atoms with E-state index in [1.54, 1.807) is 6.08 Å². The molecular weight excluding hydrogens is 160 g/mol. The van der Waals surface area contributed by atoms with Crippen molar-refractivity contribution >= 4 is 5.78 Å². The minimum Gasteiger partial charge on any atom is -0.294 e. The molecule has 3 aliphatic carbocycles. The molecule has 0 aromatic rings. The first-order valence-corrected chi connectivity index (χ1v) is 5.14. The Kier molecular flexibility index (Phi) is 1.24. The minimum absolute atomic E-state index is 0.0150. The van der Waals surface area contributed by atoms with Crippen LogP contribution < -0.4 is 0 Å². The Morgan fingerprint density at radius 2 is 2.38 bits per heavy atom. The molecular formula is C12H14O. The van der Waals surface area contributed by atoms with E-state index in [1.165, 1.54) is 12.8 Å². The first-order chi connectivity index (χ1) is 6.29. The third-order valence-electron chi connectivity index (χ3n) is 4.47. The van der Waals surface area contributed by atoms with E-state index in [0.29, 0.717) is 23.5 Å². The summed E-state index contributed by atoms with van der Waals surface area (Å²) in [5, 5.41) is 0. The topological polar surface area (TPSA) is 17.1 Å².